The molecule has 0 radical (unpaired) electrons. The van der Waals surface area contributed by atoms with Crippen molar-refractivity contribution in [3.05, 3.63) is 56.5 Å². The van der Waals surface area contributed by atoms with Gasteiger partial charge < -0.3 is 5.32 Å². The molecule has 1 nitrogen and oxygen atoms in total. The van der Waals surface area contributed by atoms with E-state index in [1.165, 1.54) is 16.5 Å². The van der Waals surface area contributed by atoms with Crippen molar-refractivity contribution in [3.63, 3.8) is 0 Å². The molecule has 1 unspecified atom stereocenters. The minimum Gasteiger partial charge on any atom is -0.306 e. The summed E-state index contributed by atoms with van der Waals surface area (Å²) in [5, 5.41) is 3.41. The van der Waals surface area contributed by atoms with Gasteiger partial charge in [-0.25, -0.2) is 4.39 Å². The topological polar surface area (TPSA) is 12.0 Å². The number of benzene rings is 1. The predicted octanol–water partition coefficient (Wildman–Crippen LogP) is 4.20. The average molecular weight is 304 g/mol. The quantitative estimate of drug-likeness (QED) is 0.832. The Morgan fingerprint density at radius 1 is 1.33 bits per heavy atom. The van der Waals surface area contributed by atoms with Gasteiger partial charge in [0.2, 0.25) is 0 Å². The largest absolute Gasteiger partial charge is 0.306 e. The van der Waals surface area contributed by atoms with Crippen molar-refractivity contribution < 1.29 is 4.39 Å². The number of thiophene rings is 1. The summed E-state index contributed by atoms with van der Waals surface area (Å²) in [5.41, 5.74) is 2.15. The second kappa shape index (κ2) is 5.57. The Kier molecular flexibility index (Phi) is 4.28. The molecule has 5 heteroatoms. The third-order valence-corrected chi connectivity index (χ3v) is 4.34. The molecule has 1 aliphatic rings. The number of hydrogen-bond donors (Lipinski definition) is 1. The van der Waals surface area contributed by atoms with E-state index >= 15 is 0 Å². The van der Waals surface area contributed by atoms with Gasteiger partial charge in [0, 0.05) is 11.4 Å². The second-order valence-electron chi connectivity index (χ2n) is 4.12. The van der Waals surface area contributed by atoms with E-state index in [-0.39, 0.29) is 24.3 Å². The van der Waals surface area contributed by atoms with Gasteiger partial charge in [-0.1, -0.05) is 23.7 Å². The Labute approximate surface area is 120 Å². The Balaban J connectivity index is 0.00000120. The fraction of sp³-hybridized carbons (Fsp3) is 0.231. The lowest BCUT2D eigenvalue weighted by Crippen LogP contribution is -2.29. The number of halogens is 3. The molecule has 1 aromatic heterocycles. The summed E-state index contributed by atoms with van der Waals surface area (Å²) in [7, 11) is 0. The molecule has 0 spiro atoms. The van der Waals surface area contributed by atoms with E-state index in [2.05, 4.69) is 5.32 Å². The lowest BCUT2D eigenvalue weighted by atomic mass is 9.95. The summed E-state index contributed by atoms with van der Waals surface area (Å²) in [6.07, 6.45) is 0.999. The third kappa shape index (κ3) is 2.54. The lowest BCUT2D eigenvalue weighted by molar-refractivity contribution is 0.566. The number of nitrogens with one attached hydrogen (secondary N) is 1. The molecule has 2 heterocycles. The first kappa shape index (κ1) is 13.8. The van der Waals surface area contributed by atoms with Gasteiger partial charge in [-0.15, -0.1) is 23.7 Å². The van der Waals surface area contributed by atoms with E-state index in [4.69, 9.17) is 11.6 Å². The van der Waals surface area contributed by atoms with E-state index in [1.54, 1.807) is 23.5 Å². The van der Waals surface area contributed by atoms with Crippen LogP contribution in [0.25, 0.3) is 0 Å². The average Bonchev–Trinajstić information content (AvgIpc) is 2.68. The number of fused-ring (bicyclic) bond motifs is 1. The highest BCUT2D eigenvalue weighted by atomic mass is 35.5. The molecule has 3 rings (SSSR count). The molecule has 2 aromatic rings. The highest BCUT2D eigenvalue weighted by molar-refractivity contribution is 7.16. The molecule has 0 fully saturated rings. The summed E-state index contributed by atoms with van der Waals surface area (Å²) in [6.45, 7) is 0.908. The standard InChI is InChI=1S/C13H11ClFNS.ClH/c14-12-7-10-11(17-12)4-5-16-13(10)8-2-1-3-9(15)6-8;/h1-3,6-7,13,16H,4-5H2;1H. The van der Waals surface area contributed by atoms with Crippen LogP contribution in [0.5, 0.6) is 0 Å². The van der Waals surface area contributed by atoms with Crippen molar-refractivity contribution in [2.24, 2.45) is 0 Å². The Morgan fingerprint density at radius 3 is 2.94 bits per heavy atom. The highest BCUT2D eigenvalue weighted by Gasteiger charge is 2.23. The fourth-order valence-electron chi connectivity index (χ4n) is 2.27. The number of hydrogen-bond acceptors (Lipinski definition) is 2. The summed E-state index contributed by atoms with van der Waals surface area (Å²) in [5.74, 6) is -0.197. The van der Waals surface area contributed by atoms with Crippen molar-refractivity contribution >= 4 is 35.3 Å². The van der Waals surface area contributed by atoms with Crippen LogP contribution in [0, 0.1) is 5.82 Å². The van der Waals surface area contributed by atoms with E-state index < -0.39 is 0 Å². The van der Waals surface area contributed by atoms with Crippen LogP contribution >= 0.6 is 35.3 Å². The van der Waals surface area contributed by atoms with Crippen molar-refractivity contribution in [1.82, 2.24) is 5.32 Å². The van der Waals surface area contributed by atoms with Crippen molar-refractivity contribution in [3.8, 4) is 0 Å². The molecule has 96 valence electrons. The molecule has 1 N–H and O–H groups in total. The van der Waals surface area contributed by atoms with E-state index in [0.29, 0.717) is 0 Å². The highest BCUT2D eigenvalue weighted by Crippen LogP contribution is 2.36. The predicted molar refractivity (Wildman–Crippen MR) is 76.5 cm³/mol. The van der Waals surface area contributed by atoms with Crippen LogP contribution in [0.4, 0.5) is 4.39 Å². The van der Waals surface area contributed by atoms with Gasteiger partial charge in [-0.3, -0.25) is 0 Å². The first-order valence-corrected chi connectivity index (χ1v) is 6.70. The molecule has 1 atom stereocenters. The molecule has 0 aliphatic carbocycles. The summed E-state index contributed by atoms with van der Waals surface area (Å²) >= 11 is 7.68. The zero-order chi connectivity index (χ0) is 11.8. The Hall–Kier alpha value is -0.610. The Bertz CT molecular complexity index is 556. The van der Waals surface area contributed by atoms with Gasteiger partial charge in [-0.05, 0) is 35.7 Å². The van der Waals surface area contributed by atoms with Crippen molar-refractivity contribution in [1.29, 1.82) is 0 Å². The van der Waals surface area contributed by atoms with Crippen molar-refractivity contribution in [2.45, 2.75) is 12.5 Å². The SMILES string of the molecule is Cl.Fc1cccc(C2NCCc3sc(Cl)cc32)c1. The summed E-state index contributed by atoms with van der Waals surface area (Å²) < 4.78 is 14.1. The van der Waals surface area contributed by atoms with Crippen LogP contribution in [0.2, 0.25) is 4.34 Å². The van der Waals surface area contributed by atoms with Gasteiger partial charge >= 0.3 is 0 Å². The minimum absolute atomic E-state index is 0. The maximum absolute atomic E-state index is 13.3. The maximum atomic E-state index is 13.3. The van der Waals surface area contributed by atoms with Gasteiger partial charge in [0.15, 0.2) is 0 Å². The molecule has 0 bridgehead atoms. The van der Waals surface area contributed by atoms with Crippen LogP contribution in [0.1, 0.15) is 22.0 Å². The zero-order valence-electron chi connectivity index (χ0n) is 9.45. The zero-order valence-corrected chi connectivity index (χ0v) is 11.8. The van der Waals surface area contributed by atoms with Crippen LogP contribution in [0.15, 0.2) is 30.3 Å². The smallest absolute Gasteiger partial charge is 0.123 e. The molecule has 18 heavy (non-hydrogen) atoms. The van der Waals surface area contributed by atoms with Crippen LogP contribution in [0.3, 0.4) is 0 Å². The van der Waals surface area contributed by atoms with Gasteiger partial charge in [0.05, 0.1) is 10.4 Å². The lowest BCUT2D eigenvalue weighted by Gasteiger charge is -2.24. The van der Waals surface area contributed by atoms with E-state index in [9.17, 15) is 4.39 Å². The fourth-order valence-corrected chi connectivity index (χ4v) is 3.59. The second-order valence-corrected chi connectivity index (χ2v) is 5.89. The van der Waals surface area contributed by atoms with Gasteiger partial charge in [0.1, 0.15) is 5.82 Å². The van der Waals surface area contributed by atoms with E-state index in [0.717, 1.165) is 22.9 Å². The van der Waals surface area contributed by atoms with Crippen LogP contribution < -0.4 is 5.32 Å². The minimum atomic E-state index is -0.197. The normalized spacial score (nSPS) is 18.0. The molecule has 0 saturated heterocycles. The van der Waals surface area contributed by atoms with Crippen LogP contribution in [-0.4, -0.2) is 6.54 Å². The monoisotopic (exact) mass is 303 g/mol. The Morgan fingerprint density at radius 2 is 2.17 bits per heavy atom. The van der Waals surface area contributed by atoms with E-state index in [1.807, 2.05) is 12.1 Å². The third-order valence-electron chi connectivity index (χ3n) is 3.01. The molecule has 1 aliphatic heterocycles. The van der Waals surface area contributed by atoms with Crippen molar-refractivity contribution in [2.75, 3.05) is 6.54 Å². The molecular formula is C13H12Cl2FNS. The first-order valence-electron chi connectivity index (χ1n) is 5.51. The maximum Gasteiger partial charge on any atom is 0.123 e. The molecule has 0 amide bonds. The van der Waals surface area contributed by atoms with Gasteiger partial charge in [0.25, 0.3) is 0 Å². The summed E-state index contributed by atoms with van der Waals surface area (Å²) in [4.78, 5) is 1.31. The van der Waals surface area contributed by atoms with Gasteiger partial charge in [-0.2, -0.15) is 0 Å². The molecule has 0 saturated carbocycles. The summed E-state index contributed by atoms with van der Waals surface area (Å²) in [6, 6.07) is 8.80. The van der Waals surface area contributed by atoms with Crippen LogP contribution in [-0.2, 0) is 6.42 Å². The number of rotatable bonds is 1. The first-order chi connectivity index (χ1) is 8.24. The molecule has 1 aromatic carbocycles. The molecular weight excluding hydrogens is 292 g/mol.